The number of hydrogen-bond donors (Lipinski definition) is 0. The van der Waals surface area contributed by atoms with Gasteiger partial charge in [-0.1, -0.05) is 146 Å². The summed E-state index contributed by atoms with van der Waals surface area (Å²) in [5, 5.41) is 7.01. The van der Waals surface area contributed by atoms with Crippen molar-refractivity contribution in [2.24, 2.45) is 0 Å². The molecule has 6 aromatic rings. The van der Waals surface area contributed by atoms with Crippen molar-refractivity contribution < 1.29 is 8.83 Å². The first-order valence-corrected chi connectivity index (χ1v) is 15.7. The molecule has 2 aliphatic heterocycles. The van der Waals surface area contributed by atoms with E-state index in [1.165, 1.54) is 43.8 Å². The Morgan fingerprint density at radius 2 is 0.522 bits per heavy atom. The SMILES string of the molecule is c1ccc(-c2oc3ccccc3c3c(-c4c5c6ccccc6oc(-c6ccccc6)c-5c5ccccc45)c4ccccc4c2-3)cc1. The molecule has 0 fully saturated rings. The van der Waals surface area contributed by atoms with Crippen LogP contribution in [0.25, 0.3) is 99.5 Å². The maximum Gasteiger partial charge on any atom is 0.143 e. The summed E-state index contributed by atoms with van der Waals surface area (Å²) in [5.41, 5.74) is 11.0. The highest BCUT2D eigenvalue weighted by Crippen LogP contribution is 2.59. The topological polar surface area (TPSA) is 26.3 Å². The minimum atomic E-state index is 0.871. The smallest absolute Gasteiger partial charge is 0.143 e. The van der Waals surface area contributed by atoms with Crippen molar-refractivity contribution in [2.75, 3.05) is 0 Å². The van der Waals surface area contributed by atoms with Crippen LogP contribution in [-0.2, 0) is 0 Å². The van der Waals surface area contributed by atoms with Crippen LogP contribution in [0.1, 0.15) is 0 Å². The Bertz CT molecular complexity index is 2490. The molecule has 0 aromatic heterocycles. The quantitative estimate of drug-likeness (QED) is 0.206. The van der Waals surface area contributed by atoms with E-state index in [0.717, 1.165) is 55.7 Å². The van der Waals surface area contributed by atoms with Crippen molar-refractivity contribution in [1.82, 2.24) is 0 Å². The molecular weight excluding hydrogens is 560 g/mol. The van der Waals surface area contributed by atoms with E-state index in [2.05, 4.69) is 158 Å². The summed E-state index contributed by atoms with van der Waals surface area (Å²) >= 11 is 0. The van der Waals surface area contributed by atoms with Crippen LogP contribution >= 0.6 is 0 Å². The fourth-order valence-corrected chi connectivity index (χ4v) is 7.59. The van der Waals surface area contributed by atoms with Crippen LogP contribution in [0.3, 0.4) is 0 Å². The van der Waals surface area contributed by atoms with Crippen molar-refractivity contribution in [2.45, 2.75) is 0 Å². The largest absolute Gasteiger partial charge is 0.455 e. The number of para-hydroxylation sites is 2. The molecule has 6 aromatic carbocycles. The maximum atomic E-state index is 6.81. The average molecular weight is 587 g/mol. The monoisotopic (exact) mass is 586 g/mol. The third-order valence-electron chi connectivity index (χ3n) is 9.44. The van der Waals surface area contributed by atoms with Gasteiger partial charge in [0.15, 0.2) is 0 Å². The Balaban J connectivity index is 1.46. The van der Waals surface area contributed by atoms with Gasteiger partial charge >= 0.3 is 0 Å². The minimum absolute atomic E-state index is 0.871. The van der Waals surface area contributed by atoms with E-state index < -0.39 is 0 Å². The van der Waals surface area contributed by atoms with E-state index >= 15 is 0 Å². The van der Waals surface area contributed by atoms with Crippen LogP contribution < -0.4 is 0 Å². The van der Waals surface area contributed by atoms with Crippen molar-refractivity contribution in [1.29, 1.82) is 0 Å². The second kappa shape index (κ2) is 9.69. The summed E-state index contributed by atoms with van der Waals surface area (Å²) in [6, 6.07) is 55.5. The van der Waals surface area contributed by atoms with E-state index in [4.69, 9.17) is 8.83 Å². The molecular formula is C44H26O2. The first-order chi connectivity index (χ1) is 22.9. The predicted molar refractivity (Wildman–Crippen MR) is 191 cm³/mol. The molecule has 0 saturated heterocycles. The van der Waals surface area contributed by atoms with Crippen LogP contribution in [0.2, 0.25) is 0 Å². The van der Waals surface area contributed by atoms with E-state index in [9.17, 15) is 0 Å². The molecule has 2 nitrogen and oxygen atoms in total. The summed E-state index contributed by atoms with van der Waals surface area (Å²) in [4.78, 5) is 0. The molecule has 0 N–H and O–H groups in total. The van der Waals surface area contributed by atoms with Crippen molar-refractivity contribution in [3.8, 4) is 56.0 Å². The average Bonchev–Trinajstić information content (AvgIpc) is 3.65. The summed E-state index contributed by atoms with van der Waals surface area (Å²) in [7, 11) is 0. The molecule has 0 spiro atoms. The lowest BCUT2D eigenvalue weighted by Crippen LogP contribution is -1.91. The molecule has 0 radical (unpaired) electrons. The second-order valence-corrected chi connectivity index (χ2v) is 11.9. The zero-order chi connectivity index (χ0) is 30.2. The molecule has 0 bridgehead atoms. The number of benzene rings is 6. The second-order valence-electron chi connectivity index (χ2n) is 11.9. The number of rotatable bonds is 3. The Labute approximate surface area is 265 Å². The molecule has 10 rings (SSSR count). The van der Waals surface area contributed by atoms with Gasteiger partial charge in [-0.15, -0.1) is 0 Å². The lowest BCUT2D eigenvalue weighted by molar-refractivity contribution is 0.622. The molecule has 0 amide bonds. The van der Waals surface area contributed by atoms with Gasteiger partial charge in [-0.3, -0.25) is 0 Å². The van der Waals surface area contributed by atoms with Crippen molar-refractivity contribution in [3.05, 3.63) is 158 Å². The summed E-state index contributed by atoms with van der Waals surface area (Å²) in [6.07, 6.45) is 0. The van der Waals surface area contributed by atoms with Gasteiger partial charge in [0, 0.05) is 44.2 Å². The van der Waals surface area contributed by atoms with Gasteiger partial charge in [-0.2, -0.15) is 0 Å². The van der Waals surface area contributed by atoms with Gasteiger partial charge in [0.05, 0.1) is 0 Å². The predicted octanol–water partition coefficient (Wildman–Crippen LogP) is 12.7. The van der Waals surface area contributed by atoms with E-state index in [1.54, 1.807) is 0 Å². The van der Waals surface area contributed by atoms with E-state index in [1.807, 2.05) is 0 Å². The van der Waals surface area contributed by atoms with Crippen molar-refractivity contribution >= 4 is 43.5 Å². The van der Waals surface area contributed by atoms with Crippen LogP contribution in [0, 0.1) is 0 Å². The molecule has 0 unspecified atom stereocenters. The zero-order valence-electron chi connectivity index (χ0n) is 24.8. The third-order valence-corrected chi connectivity index (χ3v) is 9.44. The number of hydrogen-bond acceptors (Lipinski definition) is 2. The fraction of sp³-hybridized carbons (Fsp3) is 0. The van der Waals surface area contributed by atoms with Gasteiger partial charge in [0.25, 0.3) is 0 Å². The van der Waals surface area contributed by atoms with Gasteiger partial charge in [-0.25, -0.2) is 0 Å². The summed E-state index contributed by atoms with van der Waals surface area (Å²) in [6.45, 7) is 0. The first kappa shape index (κ1) is 25.2. The van der Waals surface area contributed by atoms with Crippen LogP contribution in [0.5, 0.6) is 0 Å². The normalized spacial score (nSPS) is 11.9. The van der Waals surface area contributed by atoms with Gasteiger partial charge in [-0.05, 0) is 44.8 Å². The first-order valence-electron chi connectivity index (χ1n) is 15.7. The van der Waals surface area contributed by atoms with Crippen LogP contribution in [0.15, 0.2) is 167 Å². The molecule has 46 heavy (non-hydrogen) atoms. The van der Waals surface area contributed by atoms with E-state index in [-0.39, 0.29) is 0 Å². The Kier molecular flexibility index (Phi) is 5.31. The fourth-order valence-electron chi connectivity index (χ4n) is 7.59. The Morgan fingerprint density at radius 1 is 0.239 bits per heavy atom. The van der Waals surface area contributed by atoms with Crippen LogP contribution in [-0.4, -0.2) is 0 Å². The highest BCUT2D eigenvalue weighted by molar-refractivity contribution is 6.31. The highest BCUT2D eigenvalue weighted by Gasteiger charge is 2.33. The standard InChI is InChI=1S/C44H26O2/c1-3-15-27(16-4-1)43-41-31-21-9-7-19-29(31)37(39(41)33-23-11-13-25-35(33)45-43)38-30-20-8-10-22-32(30)42-40(38)34-24-12-14-26-36(34)46-44(42)28-17-5-2-6-18-28/h1-26H. The molecule has 214 valence electrons. The molecule has 0 atom stereocenters. The lowest BCUT2D eigenvalue weighted by Gasteiger charge is -2.16. The van der Waals surface area contributed by atoms with Gasteiger partial charge in [0.1, 0.15) is 22.7 Å². The zero-order valence-corrected chi connectivity index (χ0v) is 24.8. The molecule has 2 aliphatic carbocycles. The van der Waals surface area contributed by atoms with Gasteiger partial charge in [0.2, 0.25) is 0 Å². The summed E-state index contributed by atoms with van der Waals surface area (Å²) < 4.78 is 13.6. The highest BCUT2D eigenvalue weighted by atomic mass is 16.3. The minimum Gasteiger partial charge on any atom is -0.455 e. The van der Waals surface area contributed by atoms with E-state index in [0.29, 0.717) is 0 Å². The molecule has 0 saturated carbocycles. The number of fused-ring (bicyclic) bond motifs is 10. The Morgan fingerprint density at radius 3 is 0.913 bits per heavy atom. The van der Waals surface area contributed by atoms with Crippen LogP contribution in [0.4, 0.5) is 0 Å². The molecule has 2 heterocycles. The van der Waals surface area contributed by atoms with Crippen molar-refractivity contribution in [3.63, 3.8) is 0 Å². The molecule has 4 aliphatic rings. The maximum absolute atomic E-state index is 6.81. The summed E-state index contributed by atoms with van der Waals surface area (Å²) in [5.74, 6) is 1.78. The Hall–Kier alpha value is -6.12. The van der Waals surface area contributed by atoms with Gasteiger partial charge < -0.3 is 8.83 Å². The molecule has 2 heteroatoms. The third kappa shape index (κ3) is 3.47. The lowest BCUT2D eigenvalue weighted by atomic mass is 9.90.